The summed E-state index contributed by atoms with van der Waals surface area (Å²) >= 11 is 3.31. The minimum atomic E-state index is -0.386. The van der Waals surface area contributed by atoms with Crippen molar-refractivity contribution < 1.29 is 14.4 Å². The molecule has 1 aromatic rings. The van der Waals surface area contributed by atoms with E-state index in [9.17, 15) is 14.4 Å². The third-order valence-electron chi connectivity index (χ3n) is 5.20. The molecule has 1 fully saturated rings. The summed E-state index contributed by atoms with van der Waals surface area (Å²) < 4.78 is 0.742. The summed E-state index contributed by atoms with van der Waals surface area (Å²) in [5.41, 5.74) is 0.733. The molecule has 2 heterocycles. The van der Waals surface area contributed by atoms with E-state index in [-0.39, 0.29) is 24.3 Å². The maximum Gasteiger partial charge on any atom is 0.262 e. The van der Waals surface area contributed by atoms with E-state index < -0.39 is 0 Å². The Hall–Kier alpha value is -1.95. The molecule has 124 valence electrons. The first-order valence-electron chi connectivity index (χ1n) is 8.13. The molecule has 3 amide bonds. The van der Waals surface area contributed by atoms with Crippen molar-refractivity contribution >= 4 is 33.7 Å². The summed E-state index contributed by atoms with van der Waals surface area (Å²) in [6, 6.07) is 4.99. The molecule has 24 heavy (non-hydrogen) atoms. The van der Waals surface area contributed by atoms with E-state index in [1.807, 2.05) is 4.90 Å². The highest BCUT2D eigenvalue weighted by Gasteiger charge is 2.40. The van der Waals surface area contributed by atoms with Gasteiger partial charge in [0.15, 0.2) is 0 Å². The normalized spacial score (nSPS) is 25.2. The highest BCUT2D eigenvalue weighted by molar-refractivity contribution is 9.10. The van der Waals surface area contributed by atoms with Crippen LogP contribution in [0.15, 0.2) is 34.8 Å². The van der Waals surface area contributed by atoms with Gasteiger partial charge < -0.3 is 4.90 Å². The summed E-state index contributed by atoms with van der Waals surface area (Å²) in [6.07, 6.45) is 6.37. The van der Waals surface area contributed by atoms with Crippen molar-refractivity contribution in [3.63, 3.8) is 0 Å². The fourth-order valence-corrected chi connectivity index (χ4v) is 4.22. The average Bonchev–Trinajstić information content (AvgIpc) is 3.10. The molecule has 0 radical (unpaired) electrons. The van der Waals surface area contributed by atoms with Crippen LogP contribution in [-0.2, 0) is 4.79 Å². The van der Waals surface area contributed by atoms with Crippen molar-refractivity contribution in [3.8, 4) is 0 Å². The zero-order valence-electron chi connectivity index (χ0n) is 13.1. The monoisotopic (exact) mass is 388 g/mol. The predicted octanol–water partition coefficient (Wildman–Crippen LogP) is 2.47. The molecule has 2 aliphatic heterocycles. The quantitative estimate of drug-likeness (QED) is 0.577. The minimum Gasteiger partial charge on any atom is -0.341 e. The van der Waals surface area contributed by atoms with Crippen LogP contribution in [0.4, 0.5) is 0 Å². The zero-order valence-corrected chi connectivity index (χ0v) is 14.7. The van der Waals surface area contributed by atoms with Gasteiger partial charge in [-0.2, -0.15) is 0 Å². The van der Waals surface area contributed by atoms with Crippen LogP contribution in [0.25, 0.3) is 0 Å². The van der Waals surface area contributed by atoms with Gasteiger partial charge >= 0.3 is 0 Å². The second-order valence-corrected chi connectivity index (χ2v) is 7.56. The Morgan fingerprint density at radius 3 is 2.33 bits per heavy atom. The first-order chi connectivity index (χ1) is 11.5. The number of amides is 3. The third-order valence-corrected chi connectivity index (χ3v) is 5.69. The minimum absolute atomic E-state index is 0.141. The predicted molar refractivity (Wildman–Crippen MR) is 91.4 cm³/mol. The molecule has 1 saturated heterocycles. The Morgan fingerprint density at radius 2 is 1.67 bits per heavy atom. The Kier molecular flexibility index (Phi) is 3.79. The molecule has 6 heteroatoms. The van der Waals surface area contributed by atoms with E-state index in [1.165, 1.54) is 0 Å². The Bertz CT molecular complexity index is 758. The molecule has 1 aliphatic carbocycles. The van der Waals surface area contributed by atoms with E-state index in [0.717, 1.165) is 35.3 Å². The maximum absolute atomic E-state index is 12.6. The highest BCUT2D eigenvalue weighted by Crippen LogP contribution is 2.33. The third kappa shape index (κ3) is 2.49. The van der Waals surface area contributed by atoms with Crippen LogP contribution in [0, 0.1) is 11.8 Å². The lowest BCUT2D eigenvalue weighted by Gasteiger charge is -2.20. The number of carbonyl (C=O) groups is 3. The van der Waals surface area contributed by atoms with E-state index >= 15 is 0 Å². The lowest BCUT2D eigenvalue weighted by molar-refractivity contribution is -0.130. The number of hydrogen-bond acceptors (Lipinski definition) is 3. The van der Waals surface area contributed by atoms with E-state index in [4.69, 9.17) is 0 Å². The van der Waals surface area contributed by atoms with Crippen molar-refractivity contribution in [3.05, 3.63) is 46.0 Å². The van der Waals surface area contributed by atoms with Crippen molar-refractivity contribution in [2.24, 2.45) is 11.8 Å². The number of hydrogen-bond donors (Lipinski definition) is 0. The van der Waals surface area contributed by atoms with Gasteiger partial charge in [0.2, 0.25) is 5.91 Å². The molecule has 0 saturated carbocycles. The first kappa shape index (κ1) is 15.6. The number of imide groups is 1. The number of benzene rings is 1. The van der Waals surface area contributed by atoms with Crippen molar-refractivity contribution in [2.75, 3.05) is 19.6 Å². The molecule has 0 bridgehead atoms. The van der Waals surface area contributed by atoms with Crippen LogP contribution in [0.1, 0.15) is 33.6 Å². The smallest absolute Gasteiger partial charge is 0.262 e. The number of halogens is 1. The van der Waals surface area contributed by atoms with Crippen LogP contribution >= 0.6 is 15.9 Å². The molecule has 0 N–H and O–H groups in total. The van der Waals surface area contributed by atoms with Gasteiger partial charge in [-0.1, -0.05) is 28.1 Å². The second kappa shape index (κ2) is 5.84. The molecular formula is C18H17BrN2O3. The lowest BCUT2D eigenvalue weighted by atomic mass is 9.86. The maximum atomic E-state index is 12.6. The summed E-state index contributed by atoms with van der Waals surface area (Å²) in [5, 5.41) is 0. The van der Waals surface area contributed by atoms with Crippen LogP contribution in [0.5, 0.6) is 0 Å². The molecule has 0 spiro atoms. The summed E-state index contributed by atoms with van der Waals surface area (Å²) in [4.78, 5) is 40.4. The van der Waals surface area contributed by atoms with Crippen molar-refractivity contribution in [2.45, 2.75) is 12.8 Å². The van der Waals surface area contributed by atoms with E-state index in [2.05, 4.69) is 28.1 Å². The van der Waals surface area contributed by atoms with Gasteiger partial charge in [-0.25, -0.2) is 0 Å². The molecule has 2 atom stereocenters. The number of fused-ring (bicyclic) bond motifs is 2. The number of rotatable bonds is 2. The fourth-order valence-electron chi connectivity index (χ4n) is 3.86. The first-order valence-corrected chi connectivity index (χ1v) is 8.92. The largest absolute Gasteiger partial charge is 0.341 e. The summed E-state index contributed by atoms with van der Waals surface area (Å²) in [6.45, 7) is 1.28. The van der Waals surface area contributed by atoms with Gasteiger partial charge in [0.05, 0.1) is 11.1 Å². The van der Waals surface area contributed by atoms with Gasteiger partial charge in [-0.15, -0.1) is 0 Å². The number of allylic oxidation sites excluding steroid dienone is 2. The van der Waals surface area contributed by atoms with Gasteiger partial charge in [0.25, 0.3) is 11.8 Å². The van der Waals surface area contributed by atoms with Crippen LogP contribution in [-0.4, -0.2) is 47.2 Å². The Morgan fingerprint density at radius 1 is 1.04 bits per heavy atom. The number of nitrogens with zero attached hydrogens (tertiary/aromatic N) is 2. The van der Waals surface area contributed by atoms with Crippen LogP contribution in [0.3, 0.4) is 0 Å². The van der Waals surface area contributed by atoms with Crippen molar-refractivity contribution in [1.29, 1.82) is 0 Å². The topological polar surface area (TPSA) is 57.7 Å². The average molecular weight is 389 g/mol. The molecule has 0 aromatic heterocycles. The van der Waals surface area contributed by atoms with Gasteiger partial charge in [0.1, 0.15) is 6.54 Å². The summed E-state index contributed by atoms with van der Waals surface area (Å²) in [7, 11) is 0. The molecule has 2 unspecified atom stereocenters. The van der Waals surface area contributed by atoms with Gasteiger partial charge in [-0.3, -0.25) is 19.3 Å². The van der Waals surface area contributed by atoms with Crippen LogP contribution in [0.2, 0.25) is 0 Å². The Labute approximate surface area is 148 Å². The molecule has 4 rings (SSSR count). The number of carbonyl (C=O) groups excluding carboxylic acids is 3. The highest BCUT2D eigenvalue weighted by atomic mass is 79.9. The fraction of sp³-hybridized carbons (Fsp3) is 0.389. The molecule has 5 nitrogen and oxygen atoms in total. The Balaban J connectivity index is 1.47. The lowest BCUT2D eigenvalue weighted by Crippen LogP contribution is -2.42. The second-order valence-electron chi connectivity index (χ2n) is 6.65. The zero-order chi connectivity index (χ0) is 16.8. The van der Waals surface area contributed by atoms with Gasteiger partial charge in [0, 0.05) is 17.6 Å². The van der Waals surface area contributed by atoms with Crippen molar-refractivity contribution in [1.82, 2.24) is 9.80 Å². The van der Waals surface area contributed by atoms with E-state index in [0.29, 0.717) is 23.0 Å². The van der Waals surface area contributed by atoms with Crippen LogP contribution < -0.4 is 0 Å². The standard InChI is InChI=1S/C18H17BrN2O3/c19-13-5-6-14-15(7-13)18(24)21(17(14)23)10-16(22)20-8-11-3-1-2-4-12(11)9-20/h1-2,5-7,11-12H,3-4,8-10H2. The van der Waals surface area contributed by atoms with Gasteiger partial charge in [-0.05, 0) is 42.9 Å². The molecular weight excluding hydrogens is 372 g/mol. The SMILES string of the molecule is O=C(CN1C(=O)c2ccc(Br)cc2C1=O)N1CC2CC=CCC2C1. The summed E-state index contributed by atoms with van der Waals surface area (Å²) in [5.74, 6) is 0.115. The molecule has 1 aromatic carbocycles. The molecule has 3 aliphatic rings. The van der Waals surface area contributed by atoms with E-state index in [1.54, 1.807) is 18.2 Å². The number of likely N-dealkylation sites (tertiary alicyclic amines) is 1.